The first kappa shape index (κ1) is 18.2. The minimum Gasteiger partial charge on any atom is -0.353 e. The maximum Gasteiger partial charge on any atom is 0.196 e. The number of hydrogen-bond acceptors (Lipinski definition) is 2. The van der Waals surface area contributed by atoms with Crippen LogP contribution in [-0.2, 0) is 0 Å². The lowest BCUT2D eigenvalue weighted by Gasteiger charge is -2.28. The van der Waals surface area contributed by atoms with Gasteiger partial charge in [-0.1, -0.05) is 43.4 Å². The van der Waals surface area contributed by atoms with E-state index in [1.54, 1.807) is 0 Å². The van der Waals surface area contributed by atoms with Gasteiger partial charge in [-0.25, -0.2) is 4.99 Å². The number of aryl methyl sites for hydroxylation is 3. The average Bonchev–Trinajstić information content (AvgIpc) is 3.06. The Morgan fingerprint density at radius 3 is 2.20 bits per heavy atom. The second-order valence-electron chi connectivity index (χ2n) is 8.02. The zero-order valence-corrected chi connectivity index (χ0v) is 16.1. The standard InChI is InChI=1S/C21H34N4/c1-14-12-15(2)20(16(3)13-14)25-21(23-17-8-4-5-9-17)24-19-11-7-6-10-18(19)22/h12-13,17-19H,4-11,22H2,1-3H3,(H2,23,24,25)/t18-,19-/m0/s1. The zero-order chi connectivity index (χ0) is 17.8. The Labute approximate surface area is 152 Å². The molecular weight excluding hydrogens is 308 g/mol. The largest absolute Gasteiger partial charge is 0.353 e. The summed E-state index contributed by atoms with van der Waals surface area (Å²) in [5.74, 6) is 0.921. The van der Waals surface area contributed by atoms with Gasteiger partial charge in [-0.05, 0) is 57.6 Å². The fourth-order valence-corrected chi connectivity index (χ4v) is 4.33. The van der Waals surface area contributed by atoms with Crippen LogP contribution >= 0.6 is 0 Å². The fourth-order valence-electron chi connectivity index (χ4n) is 4.33. The number of guanidine groups is 1. The van der Waals surface area contributed by atoms with E-state index in [9.17, 15) is 0 Å². The predicted octanol–water partition coefficient (Wildman–Crippen LogP) is 4.18. The zero-order valence-electron chi connectivity index (χ0n) is 16.1. The average molecular weight is 343 g/mol. The van der Waals surface area contributed by atoms with Crippen LogP contribution in [0, 0.1) is 20.8 Å². The summed E-state index contributed by atoms with van der Waals surface area (Å²) < 4.78 is 0. The molecule has 2 saturated carbocycles. The molecule has 0 radical (unpaired) electrons. The molecule has 25 heavy (non-hydrogen) atoms. The first-order valence-corrected chi connectivity index (χ1v) is 9.97. The van der Waals surface area contributed by atoms with Crippen LogP contribution in [0.1, 0.15) is 68.1 Å². The maximum atomic E-state index is 6.35. The second kappa shape index (κ2) is 8.22. The van der Waals surface area contributed by atoms with Crippen molar-refractivity contribution in [1.29, 1.82) is 0 Å². The molecule has 2 aliphatic carbocycles. The van der Waals surface area contributed by atoms with Crippen molar-refractivity contribution in [3.05, 3.63) is 28.8 Å². The fraction of sp³-hybridized carbons (Fsp3) is 0.667. The highest BCUT2D eigenvalue weighted by molar-refractivity contribution is 5.95. The molecule has 2 aliphatic rings. The van der Waals surface area contributed by atoms with E-state index in [1.807, 2.05) is 0 Å². The second-order valence-corrected chi connectivity index (χ2v) is 8.02. The van der Waals surface area contributed by atoms with Crippen LogP contribution < -0.4 is 16.4 Å². The maximum absolute atomic E-state index is 6.35. The molecule has 0 bridgehead atoms. The molecule has 3 rings (SSSR count). The van der Waals surface area contributed by atoms with E-state index in [-0.39, 0.29) is 12.1 Å². The summed E-state index contributed by atoms with van der Waals surface area (Å²) in [5, 5.41) is 7.31. The Morgan fingerprint density at radius 2 is 1.56 bits per heavy atom. The number of benzene rings is 1. The SMILES string of the molecule is Cc1cc(C)c(NC(=N[C@H]2CCCC[C@@H]2N)NC2CCCC2)c(C)c1. The molecule has 0 unspecified atom stereocenters. The van der Waals surface area contributed by atoms with E-state index in [0.717, 1.165) is 18.8 Å². The Balaban J connectivity index is 1.82. The molecule has 0 saturated heterocycles. The smallest absolute Gasteiger partial charge is 0.196 e. The molecule has 0 aliphatic heterocycles. The first-order chi connectivity index (χ1) is 12.0. The molecule has 1 aromatic rings. The third-order valence-corrected chi connectivity index (χ3v) is 5.69. The van der Waals surface area contributed by atoms with Crippen molar-refractivity contribution < 1.29 is 0 Å². The van der Waals surface area contributed by atoms with Crippen molar-refractivity contribution in [2.24, 2.45) is 10.7 Å². The van der Waals surface area contributed by atoms with E-state index in [2.05, 4.69) is 43.5 Å². The third-order valence-electron chi connectivity index (χ3n) is 5.69. The molecule has 4 N–H and O–H groups in total. The van der Waals surface area contributed by atoms with E-state index < -0.39 is 0 Å². The summed E-state index contributed by atoms with van der Waals surface area (Å²) in [7, 11) is 0. The van der Waals surface area contributed by atoms with Crippen molar-refractivity contribution in [3.63, 3.8) is 0 Å². The summed E-state index contributed by atoms with van der Waals surface area (Å²) >= 11 is 0. The normalized spacial score (nSPS) is 25.2. The van der Waals surface area contributed by atoms with Crippen LogP contribution in [0.25, 0.3) is 0 Å². The van der Waals surface area contributed by atoms with Gasteiger partial charge in [0, 0.05) is 17.8 Å². The van der Waals surface area contributed by atoms with Crippen LogP contribution in [0.15, 0.2) is 17.1 Å². The van der Waals surface area contributed by atoms with E-state index in [4.69, 9.17) is 10.7 Å². The highest BCUT2D eigenvalue weighted by Gasteiger charge is 2.23. The molecule has 0 aromatic heterocycles. The number of rotatable bonds is 3. The Hall–Kier alpha value is -1.55. The van der Waals surface area contributed by atoms with Crippen LogP contribution in [0.2, 0.25) is 0 Å². The van der Waals surface area contributed by atoms with Crippen molar-refractivity contribution in [3.8, 4) is 0 Å². The van der Waals surface area contributed by atoms with Gasteiger partial charge >= 0.3 is 0 Å². The molecule has 2 fully saturated rings. The highest BCUT2D eigenvalue weighted by atomic mass is 15.2. The number of nitrogens with zero attached hydrogens (tertiary/aromatic N) is 1. The summed E-state index contributed by atoms with van der Waals surface area (Å²) in [6.45, 7) is 6.49. The molecule has 0 spiro atoms. The van der Waals surface area contributed by atoms with Gasteiger partial charge < -0.3 is 16.4 Å². The topological polar surface area (TPSA) is 62.4 Å². The van der Waals surface area contributed by atoms with Gasteiger partial charge in [-0.3, -0.25) is 0 Å². The van der Waals surface area contributed by atoms with Crippen LogP contribution in [0.5, 0.6) is 0 Å². The lowest BCUT2D eigenvalue weighted by molar-refractivity contribution is 0.385. The van der Waals surface area contributed by atoms with Crippen molar-refractivity contribution in [2.75, 3.05) is 5.32 Å². The van der Waals surface area contributed by atoms with E-state index in [1.165, 1.54) is 60.9 Å². The van der Waals surface area contributed by atoms with Gasteiger partial charge in [-0.2, -0.15) is 0 Å². The van der Waals surface area contributed by atoms with Crippen LogP contribution in [0.3, 0.4) is 0 Å². The molecule has 4 heteroatoms. The van der Waals surface area contributed by atoms with E-state index >= 15 is 0 Å². The van der Waals surface area contributed by atoms with Gasteiger partial charge in [0.05, 0.1) is 6.04 Å². The number of aliphatic imine (C=N–C) groups is 1. The quantitative estimate of drug-likeness (QED) is 0.570. The van der Waals surface area contributed by atoms with Gasteiger partial charge in [0.2, 0.25) is 0 Å². The lowest BCUT2D eigenvalue weighted by atomic mass is 9.91. The molecule has 1 aromatic carbocycles. The number of nitrogens with one attached hydrogen (secondary N) is 2. The monoisotopic (exact) mass is 342 g/mol. The number of nitrogens with two attached hydrogens (primary N) is 1. The summed E-state index contributed by atoms with van der Waals surface area (Å²) in [4.78, 5) is 5.05. The van der Waals surface area contributed by atoms with Gasteiger partial charge in [0.25, 0.3) is 0 Å². The van der Waals surface area contributed by atoms with Gasteiger partial charge in [0.15, 0.2) is 5.96 Å². The molecule has 2 atom stereocenters. The molecular formula is C21H34N4. The minimum atomic E-state index is 0.191. The highest BCUT2D eigenvalue weighted by Crippen LogP contribution is 2.24. The lowest BCUT2D eigenvalue weighted by Crippen LogP contribution is -2.42. The summed E-state index contributed by atoms with van der Waals surface area (Å²) in [6.07, 6.45) is 9.78. The van der Waals surface area contributed by atoms with Gasteiger partial charge in [0.1, 0.15) is 0 Å². The summed E-state index contributed by atoms with van der Waals surface area (Å²) in [6, 6.07) is 5.42. The van der Waals surface area contributed by atoms with Crippen molar-refractivity contribution in [2.45, 2.75) is 90.3 Å². The van der Waals surface area contributed by atoms with Gasteiger partial charge in [-0.15, -0.1) is 0 Å². The minimum absolute atomic E-state index is 0.191. The van der Waals surface area contributed by atoms with Crippen molar-refractivity contribution in [1.82, 2.24) is 5.32 Å². The van der Waals surface area contributed by atoms with E-state index in [0.29, 0.717) is 6.04 Å². The van der Waals surface area contributed by atoms with Crippen LogP contribution in [0.4, 0.5) is 5.69 Å². The Bertz CT molecular complexity index is 593. The van der Waals surface area contributed by atoms with Crippen LogP contribution in [-0.4, -0.2) is 24.1 Å². The summed E-state index contributed by atoms with van der Waals surface area (Å²) in [5.41, 5.74) is 11.4. The number of hydrogen-bond donors (Lipinski definition) is 3. The first-order valence-electron chi connectivity index (χ1n) is 9.97. The Morgan fingerprint density at radius 1 is 0.960 bits per heavy atom. The third kappa shape index (κ3) is 4.75. The molecule has 4 nitrogen and oxygen atoms in total. The molecule has 0 heterocycles. The predicted molar refractivity (Wildman–Crippen MR) is 107 cm³/mol. The van der Waals surface area contributed by atoms with Crippen molar-refractivity contribution >= 4 is 11.6 Å². The Kier molecular flexibility index (Phi) is 6.00. The number of anilines is 1. The molecule has 0 amide bonds. The molecule has 138 valence electrons.